The van der Waals surface area contributed by atoms with Crippen molar-refractivity contribution in [1.82, 2.24) is 4.98 Å². The highest BCUT2D eigenvalue weighted by Crippen LogP contribution is 2.13. The van der Waals surface area contributed by atoms with Gasteiger partial charge in [0.25, 0.3) is 5.69 Å². The van der Waals surface area contributed by atoms with Crippen LogP contribution in [-0.2, 0) is 0 Å². The minimum atomic E-state index is -0.507. The van der Waals surface area contributed by atoms with Gasteiger partial charge >= 0.3 is 0 Å². The van der Waals surface area contributed by atoms with E-state index in [1.165, 1.54) is 6.07 Å². The van der Waals surface area contributed by atoms with Gasteiger partial charge in [0.2, 0.25) is 0 Å². The standard InChI is InChI=1S/C10H7N3O2/c1-8-6-9(13(14)15)7-12-10(8)4-2-3-5-11/h6-7H,3H2,1H3. The number of aromatic nitrogens is 1. The van der Waals surface area contributed by atoms with Gasteiger partial charge in [-0.3, -0.25) is 10.1 Å². The van der Waals surface area contributed by atoms with Gasteiger partial charge in [-0.2, -0.15) is 5.26 Å². The molecule has 0 aliphatic heterocycles. The zero-order valence-electron chi connectivity index (χ0n) is 8.02. The molecule has 15 heavy (non-hydrogen) atoms. The number of nitriles is 1. The molecule has 0 aliphatic carbocycles. The fourth-order valence-corrected chi connectivity index (χ4v) is 0.958. The molecule has 1 aromatic heterocycles. The van der Waals surface area contributed by atoms with Crippen LogP contribution in [0.1, 0.15) is 17.7 Å². The molecule has 0 aromatic carbocycles. The smallest absolute Gasteiger partial charge is 0.258 e. The number of aryl methyl sites for hydroxylation is 1. The lowest BCUT2D eigenvalue weighted by molar-refractivity contribution is -0.385. The van der Waals surface area contributed by atoms with Crippen molar-refractivity contribution in [2.24, 2.45) is 0 Å². The first kappa shape index (κ1) is 10.7. The number of nitro groups is 1. The second-order valence-electron chi connectivity index (χ2n) is 2.75. The fourth-order valence-electron chi connectivity index (χ4n) is 0.958. The van der Waals surface area contributed by atoms with Crippen molar-refractivity contribution >= 4 is 5.69 Å². The van der Waals surface area contributed by atoms with Crippen molar-refractivity contribution in [2.45, 2.75) is 13.3 Å². The van der Waals surface area contributed by atoms with Crippen molar-refractivity contribution in [3.63, 3.8) is 0 Å². The number of hydrogen-bond donors (Lipinski definition) is 0. The molecule has 74 valence electrons. The lowest BCUT2D eigenvalue weighted by Gasteiger charge is -1.96. The predicted molar refractivity (Wildman–Crippen MR) is 52.7 cm³/mol. The van der Waals surface area contributed by atoms with Crippen molar-refractivity contribution in [3.05, 3.63) is 33.6 Å². The molecule has 0 spiro atoms. The molecule has 0 saturated heterocycles. The van der Waals surface area contributed by atoms with Crippen LogP contribution in [0.4, 0.5) is 5.69 Å². The molecule has 0 bridgehead atoms. The molecular weight excluding hydrogens is 194 g/mol. The number of hydrogen-bond acceptors (Lipinski definition) is 4. The Bertz CT molecular complexity index is 492. The van der Waals surface area contributed by atoms with Crippen molar-refractivity contribution in [3.8, 4) is 17.9 Å². The van der Waals surface area contributed by atoms with Crippen molar-refractivity contribution in [2.75, 3.05) is 0 Å². The molecule has 0 fully saturated rings. The summed E-state index contributed by atoms with van der Waals surface area (Å²) in [5.74, 6) is 5.27. The molecule has 1 aromatic rings. The Balaban J connectivity index is 3.01. The van der Waals surface area contributed by atoms with Crippen LogP contribution in [0.15, 0.2) is 12.3 Å². The predicted octanol–water partition coefficient (Wildman–Crippen LogP) is 1.56. The quantitative estimate of drug-likeness (QED) is 0.392. The zero-order chi connectivity index (χ0) is 11.3. The number of rotatable bonds is 1. The second-order valence-corrected chi connectivity index (χ2v) is 2.75. The average Bonchev–Trinajstić information content (AvgIpc) is 2.20. The van der Waals surface area contributed by atoms with Crippen LogP contribution < -0.4 is 0 Å². The van der Waals surface area contributed by atoms with E-state index in [9.17, 15) is 10.1 Å². The maximum Gasteiger partial charge on any atom is 0.287 e. The summed E-state index contributed by atoms with van der Waals surface area (Å²) in [6.07, 6.45) is 1.28. The molecule has 5 heteroatoms. The van der Waals surface area contributed by atoms with Gasteiger partial charge in [-0.25, -0.2) is 4.98 Å². The van der Waals surface area contributed by atoms with Crippen LogP contribution in [0, 0.1) is 40.2 Å². The lowest BCUT2D eigenvalue weighted by atomic mass is 10.2. The first-order valence-corrected chi connectivity index (χ1v) is 4.12. The van der Waals surface area contributed by atoms with E-state index < -0.39 is 4.92 Å². The Labute approximate surface area is 86.5 Å². The molecular formula is C10H7N3O2. The van der Waals surface area contributed by atoms with Gasteiger partial charge in [-0.1, -0.05) is 5.92 Å². The summed E-state index contributed by atoms with van der Waals surface area (Å²) in [6, 6.07) is 3.28. The van der Waals surface area contributed by atoms with E-state index >= 15 is 0 Å². The van der Waals surface area contributed by atoms with E-state index in [0.29, 0.717) is 11.3 Å². The molecule has 0 amide bonds. The molecule has 0 unspecified atom stereocenters. The second kappa shape index (κ2) is 4.73. The zero-order valence-corrected chi connectivity index (χ0v) is 8.02. The maximum absolute atomic E-state index is 10.4. The van der Waals surface area contributed by atoms with Gasteiger partial charge in [0.1, 0.15) is 11.9 Å². The third-order valence-electron chi connectivity index (χ3n) is 1.65. The first-order chi connectivity index (χ1) is 7.15. The highest BCUT2D eigenvalue weighted by Gasteiger charge is 2.07. The normalized spacial score (nSPS) is 8.53. The number of pyridine rings is 1. The van der Waals surface area contributed by atoms with E-state index in [2.05, 4.69) is 16.8 Å². The van der Waals surface area contributed by atoms with Gasteiger partial charge in [0.05, 0.1) is 17.4 Å². The topological polar surface area (TPSA) is 79.8 Å². The lowest BCUT2D eigenvalue weighted by Crippen LogP contribution is -1.93. The van der Waals surface area contributed by atoms with Gasteiger partial charge in [-0.05, 0) is 18.4 Å². The van der Waals surface area contributed by atoms with Crippen molar-refractivity contribution in [1.29, 1.82) is 5.26 Å². The van der Waals surface area contributed by atoms with Gasteiger partial charge in [0.15, 0.2) is 0 Å². The Kier molecular flexibility index (Phi) is 3.37. The third kappa shape index (κ3) is 2.78. The molecule has 0 saturated carbocycles. The SMILES string of the molecule is Cc1cc([N+](=O)[O-])cnc1C#CCC#N. The molecule has 0 aliphatic rings. The minimum absolute atomic E-state index is 0.0571. The van der Waals surface area contributed by atoms with E-state index in [4.69, 9.17) is 5.26 Å². The van der Waals surface area contributed by atoms with Crippen LogP contribution in [-0.4, -0.2) is 9.91 Å². The van der Waals surface area contributed by atoms with Gasteiger partial charge < -0.3 is 0 Å². The third-order valence-corrected chi connectivity index (χ3v) is 1.65. The van der Waals surface area contributed by atoms with E-state index in [-0.39, 0.29) is 12.1 Å². The summed E-state index contributed by atoms with van der Waals surface area (Å²) in [6.45, 7) is 1.69. The van der Waals surface area contributed by atoms with E-state index in [1.54, 1.807) is 6.92 Å². The minimum Gasteiger partial charge on any atom is -0.258 e. The molecule has 0 N–H and O–H groups in total. The largest absolute Gasteiger partial charge is 0.287 e. The van der Waals surface area contributed by atoms with E-state index in [1.807, 2.05) is 6.07 Å². The van der Waals surface area contributed by atoms with Crippen LogP contribution in [0.3, 0.4) is 0 Å². The monoisotopic (exact) mass is 201 g/mol. The summed E-state index contributed by atoms with van der Waals surface area (Å²) in [7, 11) is 0. The Morgan fingerprint density at radius 2 is 2.40 bits per heavy atom. The average molecular weight is 201 g/mol. The van der Waals surface area contributed by atoms with Crippen LogP contribution in [0.2, 0.25) is 0 Å². The Hall–Kier alpha value is -2.40. The van der Waals surface area contributed by atoms with Gasteiger partial charge in [0, 0.05) is 6.07 Å². The Morgan fingerprint density at radius 3 is 2.93 bits per heavy atom. The summed E-state index contributed by atoms with van der Waals surface area (Å²) in [4.78, 5) is 13.8. The molecule has 1 heterocycles. The Morgan fingerprint density at radius 1 is 1.67 bits per heavy atom. The highest BCUT2D eigenvalue weighted by atomic mass is 16.6. The highest BCUT2D eigenvalue weighted by molar-refractivity contribution is 5.41. The first-order valence-electron chi connectivity index (χ1n) is 4.12. The van der Waals surface area contributed by atoms with Crippen LogP contribution >= 0.6 is 0 Å². The van der Waals surface area contributed by atoms with E-state index in [0.717, 1.165) is 6.20 Å². The fraction of sp³-hybridized carbons (Fsp3) is 0.200. The summed E-state index contributed by atoms with van der Waals surface area (Å²) in [5.41, 5.74) is 1.05. The van der Waals surface area contributed by atoms with Crippen LogP contribution in [0.25, 0.3) is 0 Å². The maximum atomic E-state index is 10.4. The van der Waals surface area contributed by atoms with Crippen molar-refractivity contribution < 1.29 is 4.92 Å². The summed E-state index contributed by atoms with van der Waals surface area (Å²) >= 11 is 0. The summed E-state index contributed by atoms with van der Waals surface area (Å²) in [5, 5.41) is 18.7. The molecule has 5 nitrogen and oxygen atoms in total. The summed E-state index contributed by atoms with van der Waals surface area (Å²) < 4.78 is 0. The van der Waals surface area contributed by atoms with Crippen LogP contribution in [0.5, 0.6) is 0 Å². The molecule has 0 radical (unpaired) electrons. The number of nitrogens with zero attached hydrogens (tertiary/aromatic N) is 3. The van der Waals surface area contributed by atoms with Gasteiger partial charge in [-0.15, -0.1) is 0 Å². The molecule has 0 atom stereocenters. The molecule has 1 rings (SSSR count).